The lowest BCUT2D eigenvalue weighted by atomic mass is 10.1. The fourth-order valence-electron chi connectivity index (χ4n) is 2.28. The number of rotatable bonds is 8. The van der Waals surface area contributed by atoms with E-state index < -0.39 is 0 Å². The fraction of sp³-hybridized carbons (Fsp3) is 0.533. The van der Waals surface area contributed by atoms with Crippen LogP contribution in [-0.4, -0.2) is 57.1 Å². The molecule has 2 rings (SSSR count). The predicted molar refractivity (Wildman–Crippen MR) is 83.4 cm³/mol. The summed E-state index contributed by atoms with van der Waals surface area (Å²) >= 11 is 1.71. The molecule has 1 aromatic rings. The lowest BCUT2D eigenvalue weighted by Crippen LogP contribution is -2.33. The van der Waals surface area contributed by atoms with Crippen molar-refractivity contribution >= 4 is 17.7 Å². The van der Waals surface area contributed by atoms with Gasteiger partial charge in [0.05, 0.1) is 26.4 Å². The van der Waals surface area contributed by atoms with E-state index in [1.807, 2.05) is 4.90 Å². The number of methoxy groups -OCH3 is 1. The first-order valence-corrected chi connectivity index (χ1v) is 8.22. The molecule has 116 valence electrons. The van der Waals surface area contributed by atoms with Gasteiger partial charge in [-0.1, -0.05) is 12.1 Å². The highest BCUT2D eigenvalue weighted by Gasteiger charge is 2.30. The van der Waals surface area contributed by atoms with Crippen LogP contribution in [0.2, 0.25) is 0 Å². The quantitative estimate of drug-likeness (QED) is 0.582. The van der Waals surface area contributed by atoms with Crippen LogP contribution in [0.15, 0.2) is 29.2 Å². The Morgan fingerprint density at radius 2 is 2.05 bits per heavy atom. The SMILES string of the molecule is COCCOCCN1C(=O)CNC1c1ccc(SC)cc1. The Morgan fingerprint density at radius 1 is 1.29 bits per heavy atom. The van der Waals surface area contributed by atoms with Crippen molar-refractivity contribution in [2.75, 3.05) is 46.3 Å². The smallest absolute Gasteiger partial charge is 0.238 e. The molecule has 0 saturated carbocycles. The lowest BCUT2D eigenvalue weighted by molar-refractivity contribution is -0.128. The molecule has 1 aliphatic heterocycles. The molecule has 1 aliphatic rings. The van der Waals surface area contributed by atoms with Gasteiger partial charge in [0, 0.05) is 18.6 Å². The van der Waals surface area contributed by atoms with Gasteiger partial charge < -0.3 is 14.4 Å². The molecule has 0 bridgehead atoms. The minimum Gasteiger partial charge on any atom is -0.382 e. The van der Waals surface area contributed by atoms with Crippen molar-refractivity contribution in [1.29, 1.82) is 0 Å². The highest BCUT2D eigenvalue weighted by molar-refractivity contribution is 7.98. The Kier molecular flexibility index (Phi) is 6.50. The van der Waals surface area contributed by atoms with Gasteiger partial charge in [0.15, 0.2) is 0 Å². The number of carbonyl (C=O) groups is 1. The van der Waals surface area contributed by atoms with Crippen LogP contribution in [0.25, 0.3) is 0 Å². The third-order valence-corrected chi connectivity index (χ3v) is 4.16. The van der Waals surface area contributed by atoms with Gasteiger partial charge in [-0.05, 0) is 24.0 Å². The molecule has 1 heterocycles. The van der Waals surface area contributed by atoms with Crippen LogP contribution in [-0.2, 0) is 14.3 Å². The standard InChI is InChI=1S/C15H22N2O3S/c1-19-9-10-20-8-7-17-14(18)11-16-15(17)12-3-5-13(21-2)6-4-12/h3-6,15-16H,7-11H2,1-2H3. The van der Waals surface area contributed by atoms with Crippen molar-refractivity contribution in [3.8, 4) is 0 Å². The summed E-state index contributed by atoms with van der Waals surface area (Å²) in [7, 11) is 1.64. The number of carbonyl (C=O) groups excluding carboxylic acids is 1. The molecule has 1 unspecified atom stereocenters. The van der Waals surface area contributed by atoms with E-state index in [2.05, 4.69) is 35.8 Å². The van der Waals surface area contributed by atoms with Crippen LogP contribution in [0.4, 0.5) is 0 Å². The van der Waals surface area contributed by atoms with Crippen molar-refractivity contribution in [3.63, 3.8) is 0 Å². The molecule has 5 nitrogen and oxygen atoms in total. The van der Waals surface area contributed by atoms with Crippen LogP contribution in [0.5, 0.6) is 0 Å². The normalized spacial score (nSPS) is 18.5. The summed E-state index contributed by atoms with van der Waals surface area (Å²) in [6.45, 7) is 2.62. The summed E-state index contributed by atoms with van der Waals surface area (Å²) in [5.74, 6) is 0.115. The second kappa shape index (κ2) is 8.38. The molecule has 1 atom stereocenters. The first-order valence-electron chi connectivity index (χ1n) is 6.99. The van der Waals surface area contributed by atoms with Gasteiger partial charge >= 0.3 is 0 Å². The minimum absolute atomic E-state index is 0.0561. The molecule has 21 heavy (non-hydrogen) atoms. The van der Waals surface area contributed by atoms with Gasteiger partial charge in [0.25, 0.3) is 0 Å². The highest BCUT2D eigenvalue weighted by atomic mass is 32.2. The van der Waals surface area contributed by atoms with Crippen LogP contribution >= 0.6 is 11.8 Å². The summed E-state index contributed by atoms with van der Waals surface area (Å²) in [4.78, 5) is 15.0. The van der Waals surface area contributed by atoms with E-state index in [0.29, 0.717) is 32.9 Å². The van der Waals surface area contributed by atoms with Gasteiger partial charge in [-0.2, -0.15) is 0 Å². The molecular formula is C15H22N2O3S. The summed E-state index contributed by atoms with van der Waals surface area (Å²) in [5, 5.41) is 3.25. The number of hydrogen-bond acceptors (Lipinski definition) is 5. The molecule has 1 aromatic carbocycles. The molecule has 0 aromatic heterocycles. The maximum atomic E-state index is 12.0. The summed E-state index contributed by atoms with van der Waals surface area (Å²) in [5.41, 5.74) is 1.11. The minimum atomic E-state index is -0.0561. The zero-order valence-electron chi connectivity index (χ0n) is 12.5. The van der Waals surface area contributed by atoms with E-state index in [1.54, 1.807) is 18.9 Å². The molecule has 1 amide bonds. The zero-order chi connectivity index (χ0) is 15.1. The number of thioether (sulfide) groups is 1. The van der Waals surface area contributed by atoms with Crippen molar-refractivity contribution < 1.29 is 14.3 Å². The van der Waals surface area contributed by atoms with E-state index in [4.69, 9.17) is 9.47 Å². The number of nitrogens with one attached hydrogen (secondary N) is 1. The Hall–Kier alpha value is -1.08. The van der Waals surface area contributed by atoms with Crippen LogP contribution in [0, 0.1) is 0 Å². The fourth-order valence-corrected chi connectivity index (χ4v) is 2.69. The van der Waals surface area contributed by atoms with Gasteiger partial charge in [-0.15, -0.1) is 11.8 Å². The number of benzene rings is 1. The second-order valence-electron chi connectivity index (χ2n) is 4.75. The lowest BCUT2D eigenvalue weighted by Gasteiger charge is -2.24. The third kappa shape index (κ3) is 4.44. The van der Waals surface area contributed by atoms with E-state index >= 15 is 0 Å². The van der Waals surface area contributed by atoms with Gasteiger partial charge in [0.1, 0.15) is 6.17 Å². The highest BCUT2D eigenvalue weighted by Crippen LogP contribution is 2.24. The maximum absolute atomic E-state index is 12.0. The summed E-state index contributed by atoms with van der Waals surface area (Å²) in [6.07, 6.45) is 2.00. The Labute approximate surface area is 130 Å². The molecule has 1 N–H and O–H groups in total. The van der Waals surface area contributed by atoms with Crippen molar-refractivity contribution in [1.82, 2.24) is 10.2 Å². The first kappa shape index (κ1) is 16.3. The topological polar surface area (TPSA) is 50.8 Å². The maximum Gasteiger partial charge on any atom is 0.238 e. The van der Waals surface area contributed by atoms with Gasteiger partial charge in [-0.25, -0.2) is 0 Å². The summed E-state index contributed by atoms with van der Waals surface area (Å²) < 4.78 is 10.4. The Morgan fingerprint density at radius 3 is 2.71 bits per heavy atom. The Balaban J connectivity index is 1.92. The molecular weight excluding hydrogens is 288 g/mol. The van der Waals surface area contributed by atoms with Gasteiger partial charge in [0.2, 0.25) is 5.91 Å². The van der Waals surface area contributed by atoms with Crippen LogP contribution < -0.4 is 5.32 Å². The number of nitrogens with zero attached hydrogens (tertiary/aromatic N) is 1. The average molecular weight is 310 g/mol. The Bertz CT molecular complexity index is 453. The van der Waals surface area contributed by atoms with Crippen molar-refractivity contribution in [2.45, 2.75) is 11.1 Å². The number of hydrogen-bond donors (Lipinski definition) is 1. The van der Waals surface area contributed by atoms with E-state index in [-0.39, 0.29) is 12.1 Å². The van der Waals surface area contributed by atoms with Crippen molar-refractivity contribution in [3.05, 3.63) is 29.8 Å². The zero-order valence-corrected chi connectivity index (χ0v) is 13.3. The molecule has 1 fully saturated rings. The van der Waals surface area contributed by atoms with Crippen LogP contribution in [0.1, 0.15) is 11.7 Å². The third-order valence-electron chi connectivity index (χ3n) is 3.42. The molecule has 0 radical (unpaired) electrons. The van der Waals surface area contributed by atoms with Gasteiger partial charge in [-0.3, -0.25) is 10.1 Å². The second-order valence-corrected chi connectivity index (χ2v) is 5.63. The number of amides is 1. The van der Waals surface area contributed by atoms with E-state index in [9.17, 15) is 4.79 Å². The largest absolute Gasteiger partial charge is 0.382 e. The predicted octanol–water partition coefficient (Wildman–Crippen LogP) is 1.50. The first-order chi connectivity index (χ1) is 10.3. The summed E-state index contributed by atoms with van der Waals surface area (Å²) in [6, 6.07) is 8.30. The van der Waals surface area contributed by atoms with Crippen molar-refractivity contribution in [2.24, 2.45) is 0 Å². The molecule has 0 aliphatic carbocycles. The van der Waals surface area contributed by atoms with E-state index in [1.165, 1.54) is 4.90 Å². The molecule has 0 spiro atoms. The molecule has 6 heteroatoms. The van der Waals surface area contributed by atoms with Crippen LogP contribution in [0.3, 0.4) is 0 Å². The average Bonchev–Trinajstić information content (AvgIpc) is 2.88. The van der Waals surface area contributed by atoms with E-state index in [0.717, 1.165) is 5.56 Å². The molecule has 1 saturated heterocycles. The monoisotopic (exact) mass is 310 g/mol. The number of ether oxygens (including phenoxy) is 2.